The molecule has 1 aromatic heterocycles. The van der Waals surface area contributed by atoms with Gasteiger partial charge in [-0.2, -0.15) is 0 Å². The first-order valence-electron chi connectivity index (χ1n) is 6.77. The summed E-state index contributed by atoms with van der Waals surface area (Å²) in [7, 11) is 1.98. The zero-order valence-corrected chi connectivity index (χ0v) is 12.8. The monoisotopic (exact) mass is 315 g/mol. The molecule has 2 rings (SSSR count). The summed E-state index contributed by atoms with van der Waals surface area (Å²) >= 11 is 3.56. The molecule has 4 heteroatoms. The van der Waals surface area contributed by atoms with Crippen LogP contribution < -0.4 is 5.32 Å². The second-order valence-electron chi connectivity index (χ2n) is 4.91. The first-order valence-corrected chi connectivity index (χ1v) is 7.57. The fourth-order valence-corrected chi connectivity index (χ4v) is 3.53. The van der Waals surface area contributed by atoms with E-state index in [1.54, 1.807) is 6.26 Å². The van der Waals surface area contributed by atoms with Crippen LogP contribution in [-0.2, 0) is 4.74 Å². The third-order valence-corrected chi connectivity index (χ3v) is 4.51. The molecule has 1 saturated carbocycles. The molecule has 0 saturated heterocycles. The van der Waals surface area contributed by atoms with Crippen LogP contribution in [0.2, 0.25) is 0 Å². The molecule has 18 heavy (non-hydrogen) atoms. The molecule has 1 N–H and O–H groups in total. The lowest BCUT2D eigenvalue weighted by molar-refractivity contribution is -0.0939. The van der Waals surface area contributed by atoms with Crippen molar-refractivity contribution >= 4 is 15.9 Å². The number of rotatable bonds is 5. The molecule has 1 unspecified atom stereocenters. The molecule has 1 heterocycles. The van der Waals surface area contributed by atoms with Crippen LogP contribution in [0, 0.1) is 0 Å². The van der Waals surface area contributed by atoms with Crippen LogP contribution >= 0.6 is 15.9 Å². The highest BCUT2D eigenvalue weighted by atomic mass is 79.9. The third kappa shape index (κ3) is 2.65. The molecule has 0 aliphatic heterocycles. The summed E-state index contributed by atoms with van der Waals surface area (Å²) in [5.41, 5.74) is -0.123. The molecule has 0 bridgehead atoms. The van der Waals surface area contributed by atoms with E-state index in [2.05, 4.69) is 28.2 Å². The van der Waals surface area contributed by atoms with Crippen molar-refractivity contribution in [2.24, 2.45) is 0 Å². The lowest BCUT2D eigenvalue weighted by Crippen LogP contribution is -2.46. The van der Waals surface area contributed by atoms with Crippen LogP contribution in [0.3, 0.4) is 0 Å². The van der Waals surface area contributed by atoms with Crippen molar-refractivity contribution in [1.82, 2.24) is 5.32 Å². The van der Waals surface area contributed by atoms with E-state index >= 15 is 0 Å². The highest BCUT2D eigenvalue weighted by Gasteiger charge is 2.43. The van der Waals surface area contributed by atoms with Crippen LogP contribution in [0.15, 0.2) is 21.2 Å². The van der Waals surface area contributed by atoms with Gasteiger partial charge in [0.15, 0.2) is 0 Å². The largest absolute Gasteiger partial charge is 0.466 e. The van der Waals surface area contributed by atoms with Gasteiger partial charge in [0, 0.05) is 6.61 Å². The van der Waals surface area contributed by atoms with Crippen molar-refractivity contribution < 1.29 is 9.15 Å². The van der Waals surface area contributed by atoms with Gasteiger partial charge in [0.1, 0.15) is 5.76 Å². The van der Waals surface area contributed by atoms with E-state index in [4.69, 9.17) is 9.15 Å². The molecule has 102 valence electrons. The summed E-state index contributed by atoms with van der Waals surface area (Å²) in [4.78, 5) is 0. The van der Waals surface area contributed by atoms with Crippen molar-refractivity contribution in [3.05, 3.63) is 22.6 Å². The Hall–Kier alpha value is -0.320. The molecule has 1 aromatic rings. The minimum Gasteiger partial charge on any atom is -0.466 e. The molecular formula is C14H22BrNO2. The summed E-state index contributed by atoms with van der Waals surface area (Å²) in [6.07, 6.45) is 7.70. The maximum atomic E-state index is 6.16. The molecule has 0 aromatic carbocycles. The van der Waals surface area contributed by atoms with Gasteiger partial charge in [-0.3, -0.25) is 0 Å². The Morgan fingerprint density at radius 3 is 2.67 bits per heavy atom. The average molecular weight is 316 g/mol. The van der Waals surface area contributed by atoms with Crippen molar-refractivity contribution in [2.75, 3.05) is 13.7 Å². The van der Waals surface area contributed by atoms with E-state index in [9.17, 15) is 0 Å². The van der Waals surface area contributed by atoms with Crippen LogP contribution in [-0.4, -0.2) is 19.3 Å². The van der Waals surface area contributed by atoms with Crippen LogP contribution in [0.4, 0.5) is 0 Å². The molecule has 0 spiro atoms. The minimum atomic E-state index is -0.123. The Kier molecular flexibility index (Phi) is 4.87. The Morgan fingerprint density at radius 1 is 1.44 bits per heavy atom. The smallest absolute Gasteiger partial charge is 0.137 e. The Morgan fingerprint density at radius 2 is 2.17 bits per heavy atom. The van der Waals surface area contributed by atoms with Crippen molar-refractivity contribution in [1.29, 1.82) is 0 Å². The quantitative estimate of drug-likeness (QED) is 0.890. The summed E-state index contributed by atoms with van der Waals surface area (Å²) in [6, 6.07) is 2.06. The number of hydrogen-bond acceptors (Lipinski definition) is 3. The summed E-state index contributed by atoms with van der Waals surface area (Å²) < 4.78 is 12.8. The maximum absolute atomic E-state index is 6.16. The highest BCUT2D eigenvalue weighted by molar-refractivity contribution is 9.10. The molecule has 1 aliphatic carbocycles. The number of likely N-dealkylation sites (N-methyl/N-ethyl adjacent to an activating group) is 1. The zero-order valence-electron chi connectivity index (χ0n) is 11.2. The van der Waals surface area contributed by atoms with E-state index in [1.807, 2.05) is 13.1 Å². The van der Waals surface area contributed by atoms with Crippen molar-refractivity contribution in [3.63, 3.8) is 0 Å². The first-order chi connectivity index (χ1) is 8.73. The van der Waals surface area contributed by atoms with Gasteiger partial charge in [-0.15, -0.1) is 0 Å². The van der Waals surface area contributed by atoms with E-state index in [1.165, 1.54) is 19.3 Å². The molecule has 1 fully saturated rings. The van der Waals surface area contributed by atoms with Crippen LogP contribution in [0.1, 0.15) is 50.8 Å². The minimum absolute atomic E-state index is 0.113. The van der Waals surface area contributed by atoms with Crippen LogP contribution in [0.25, 0.3) is 0 Å². The molecule has 0 amide bonds. The standard InChI is InChI=1S/C14H22BrNO2/c1-3-18-14(8-5-4-6-9-14)13(16-2)12-11(15)7-10-17-12/h7,10,13,16H,3-6,8-9H2,1-2H3. The van der Waals surface area contributed by atoms with Gasteiger partial charge in [-0.25, -0.2) is 0 Å². The van der Waals surface area contributed by atoms with Gasteiger partial charge in [0.2, 0.25) is 0 Å². The Labute approximate surface area is 117 Å². The Balaban J connectivity index is 2.29. The van der Waals surface area contributed by atoms with Gasteiger partial charge in [-0.1, -0.05) is 19.3 Å². The Bertz CT molecular complexity index is 366. The summed E-state index contributed by atoms with van der Waals surface area (Å²) in [6.45, 7) is 2.82. The number of ether oxygens (including phenoxy) is 1. The number of hydrogen-bond donors (Lipinski definition) is 1. The number of nitrogens with one attached hydrogen (secondary N) is 1. The van der Waals surface area contributed by atoms with Crippen LogP contribution in [0.5, 0.6) is 0 Å². The summed E-state index contributed by atoms with van der Waals surface area (Å²) in [5, 5.41) is 3.39. The van der Waals surface area contributed by atoms with Gasteiger partial charge >= 0.3 is 0 Å². The number of halogens is 1. The van der Waals surface area contributed by atoms with Crippen molar-refractivity contribution in [2.45, 2.75) is 50.7 Å². The van der Waals surface area contributed by atoms with Crippen molar-refractivity contribution in [3.8, 4) is 0 Å². The highest BCUT2D eigenvalue weighted by Crippen LogP contribution is 2.43. The van der Waals surface area contributed by atoms with Gasteiger partial charge in [0.25, 0.3) is 0 Å². The topological polar surface area (TPSA) is 34.4 Å². The molecule has 1 aliphatic rings. The summed E-state index contributed by atoms with van der Waals surface area (Å²) in [5.74, 6) is 0.952. The second-order valence-corrected chi connectivity index (χ2v) is 5.77. The van der Waals surface area contributed by atoms with Gasteiger partial charge in [-0.05, 0) is 48.8 Å². The van der Waals surface area contributed by atoms with Gasteiger partial charge < -0.3 is 14.5 Å². The molecule has 1 atom stereocenters. The number of furan rings is 1. The predicted octanol–water partition coefficient (Wildman–Crippen LogP) is 4.04. The molecular weight excluding hydrogens is 294 g/mol. The maximum Gasteiger partial charge on any atom is 0.137 e. The fourth-order valence-electron chi connectivity index (χ4n) is 3.10. The lowest BCUT2D eigenvalue weighted by atomic mass is 9.78. The fraction of sp³-hybridized carbons (Fsp3) is 0.714. The van der Waals surface area contributed by atoms with E-state index in [0.29, 0.717) is 0 Å². The van der Waals surface area contributed by atoms with E-state index < -0.39 is 0 Å². The normalized spacial score (nSPS) is 20.8. The second kappa shape index (κ2) is 6.22. The van der Waals surface area contributed by atoms with E-state index in [-0.39, 0.29) is 11.6 Å². The third-order valence-electron chi connectivity index (χ3n) is 3.85. The molecule has 3 nitrogen and oxygen atoms in total. The SMILES string of the molecule is CCOC1(C(NC)c2occc2Br)CCCCC1. The zero-order chi connectivity index (χ0) is 13.0. The predicted molar refractivity (Wildman–Crippen MR) is 75.7 cm³/mol. The average Bonchev–Trinajstić information content (AvgIpc) is 2.78. The van der Waals surface area contributed by atoms with E-state index in [0.717, 1.165) is 29.7 Å². The first kappa shape index (κ1) is 14.1. The lowest BCUT2D eigenvalue weighted by Gasteiger charge is -2.42. The molecule has 0 radical (unpaired) electrons. The van der Waals surface area contributed by atoms with Gasteiger partial charge in [0.05, 0.1) is 22.4 Å².